The van der Waals surface area contributed by atoms with E-state index in [0.717, 1.165) is 43.7 Å². The summed E-state index contributed by atoms with van der Waals surface area (Å²) in [7, 11) is 0. The van der Waals surface area contributed by atoms with Crippen LogP contribution in [0.3, 0.4) is 0 Å². The van der Waals surface area contributed by atoms with E-state index in [1.54, 1.807) is 17.7 Å². The maximum Gasteiger partial charge on any atom is 0.338 e. The van der Waals surface area contributed by atoms with E-state index in [0.29, 0.717) is 17.1 Å². The van der Waals surface area contributed by atoms with Crippen LogP contribution in [0.15, 0.2) is 48.5 Å². The number of piperidine rings is 1. The van der Waals surface area contributed by atoms with E-state index < -0.39 is 23.4 Å². The van der Waals surface area contributed by atoms with E-state index in [2.05, 4.69) is 10.4 Å². The summed E-state index contributed by atoms with van der Waals surface area (Å²) in [6, 6.07) is 13.8. The van der Waals surface area contributed by atoms with E-state index in [1.165, 1.54) is 12.1 Å². The monoisotopic (exact) mass is 477 g/mol. The maximum atomic E-state index is 12.5. The summed E-state index contributed by atoms with van der Waals surface area (Å²) in [4.78, 5) is 38.1. The van der Waals surface area contributed by atoms with Crippen LogP contribution in [0.2, 0.25) is 0 Å². The minimum Gasteiger partial charge on any atom is -0.452 e. The summed E-state index contributed by atoms with van der Waals surface area (Å²) in [5.41, 5.74) is 3.11. The summed E-state index contributed by atoms with van der Waals surface area (Å²) >= 11 is 0. The van der Waals surface area contributed by atoms with Gasteiger partial charge in [0.2, 0.25) is 0 Å². The topological polar surface area (TPSA) is 120 Å². The molecule has 10 nitrogen and oxygen atoms in total. The van der Waals surface area contributed by atoms with E-state index in [9.17, 15) is 19.7 Å². The van der Waals surface area contributed by atoms with Crippen molar-refractivity contribution in [2.24, 2.45) is 0 Å². The quantitative estimate of drug-likeness (QED) is 0.308. The molecule has 0 spiro atoms. The van der Waals surface area contributed by atoms with Crippen LogP contribution in [-0.4, -0.2) is 46.3 Å². The van der Waals surface area contributed by atoms with Crippen molar-refractivity contribution in [3.63, 3.8) is 0 Å². The number of para-hydroxylation sites is 1. The zero-order chi connectivity index (χ0) is 24.9. The second kappa shape index (κ2) is 10.4. The standard InChI is InChI=1S/C25H27N5O5/c1-17-24(18(2)29(27-17)20-9-5-3-6-10-20)26-23(31)16-35-25(32)19-11-12-21(22(15-19)30(33)34)28-13-7-4-8-14-28/h3,5-6,9-12,15H,4,7-8,13-14,16H2,1-2H3,(H,26,31). The van der Waals surface area contributed by atoms with Crippen molar-refractivity contribution in [2.45, 2.75) is 33.1 Å². The molecule has 0 saturated carbocycles. The molecule has 182 valence electrons. The average molecular weight is 478 g/mol. The number of nitro benzene ring substituents is 1. The molecule has 35 heavy (non-hydrogen) atoms. The van der Waals surface area contributed by atoms with Crippen LogP contribution in [0, 0.1) is 24.0 Å². The molecule has 2 heterocycles. The number of ether oxygens (including phenoxy) is 1. The molecular weight excluding hydrogens is 450 g/mol. The predicted molar refractivity (Wildman–Crippen MR) is 131 cm³/mol. The number of esters is 1. The maximum absolute atomic E-state index is 12.5. The van der Waals surface area contributed by atoms with E-state index >= 15 is 0 Å². The molecule has 1 aliphatic rings. The molecule has 3 aromatic rings. The van der Waals surface area contributed by atoms with E-state index in [4.69, 9.17) is 4.74 Å². The van der Waals surface area contributed by atoms with Crippen LogP contribution in [0.1, 0.15) is 41.0 Å². The van der Waals surface area contributed by atoms with Crippen LogP contribution in [0.5, 0.6) is 0 Å². The van der Waals surface area contributed by atoms with Gasteiger partial charge in [-0.05, 0) is 57.4 Å². The van der Waals surface area contributed by atoms with Gasteiger partial charge in [-0.2, -0.15) is 5.10 Å². The normalized spacial score (nSPS) is 13.4. The fraction of sp³-hybridized carbons (Fsp3) is 0.320. The molecule has 10 heteroatoms. The number of nitro groups is 1. The van der Waals surface area contributed by atoms with Gasteiger partial charge in [-0.25, -0.2) is 9.48 Å². The van der Waals surface area contributed by atoms with Crippen LogP contribution in [0.25, 0.3) is 5.69 Å². The SMILES string of the molecule is Cc1nn(-c2ccccc2)c(C)c1NC(=O)COC(=O)c1ccc(N2CCCCC2)c([N+](=O)[O-])c1. The summed E-state index contributed by atoms with van der Waals surface area (Å²) in [6.45, 7) is 4.56. The first-order valence-electron chi connectivity index (χ1n) is 11.5. The summed E-state index contributed by atoms with van der Waals surface area (Å²) in [6.07, 6.45) is 3.04. The van der Waals surface area contributed by atoms with Crippen LogP contribution >= 0.6 is 0 Å². The van der Waals surface area contributed by atoms with Crippen LogP contribution in [0.4, 0.5) is 17.1 Å². The molecule has 0 radical (unpaired) electrons. The lowest BCUT2D eigenvalue weighted by molar-refractivity contribution is -0.384. The Labute approximate surface area is 202 Å². The Hall–Kier alpha value is -4.21. The number of nitrogens with one attached hydrogen (secondary N) is 1. The molecule has 1 amide bonds. The highest BCUT2D eigenvalue weighted by molar-refractivity contribution is 5.96. The highest BCUT2D eigenvalue weighted by atomic mass is 16.6. The Bertz CT molecular complexity index is 1250. The Balaban J connectivity index is 1.42. The number of rotatable bonds is 7. The second-order valence-corrected chi connectivity index (χ2v) is 8.43. The van der Waals surface area contributed by atoms with Crippen molar-refractivity contribution in [1.29, 1.82) is 0 Å². The molecule has 1 saturated heterocycles. The van der Waals surface area contributed by atoms with Gasteiger partial charge in [-0.15, -0.1) is 0 Å². The van der Waals surface area contributed by atoms with Gasteiger partial charge >= 0.3 is 5.97 Å². The summed E-state index contributed by atoms with van der Waals surface area (Å²) in [5, 5.41) is 18.8. The van der Waals surface area contributed by atoms with Gasteiger partial charge in [0, 0.05) is 19.2 Å². The molecule has 4 rings (SSSR count). The zero-order valence-corrected chi connectivity index (χ0v) is 19.7. The first kappa shape index (κ1) is 23.9. The molecule has 2 aromatic carbocycles. The second-order valence-electron chi connectivity index (χ2n) is 8.43. The molecule has 1 aliphatic heterocycles. The highest BCUT2D eigenvalue weighted by Crippen LogP contribution is 2.31. The van der Waals surface area contributed by atoms with Crippen molar-refractivity contribution in [3.05, 3.63) is 75.6 Å². The molecule has 0 aliphatic carbocycles. The lowest BCUT2D eigenvalue weighted by atomic mass is 10.1. The number of amides is 1. The Morgan fingerprint density at radius 1 is 1.09 bits per heavy atom. The number of hydrogen-bond acceptors (Lipinski definition) is 7. The van der Waals surface area contributed by atoms with Crippen molar-refractivity contribution in [1.82, 2.24) is 9.78 Å². The van der Waals surface area contributed by atoms with Crippen molar-refractivity contribution in [2.75, 3.05) is 29.9 Å². The number of aryl methyl sites for hydroxylation is 1. The fourth-order valence-corrected chi connectivity index (χ4v) is 4.23. The van der Waals surface area contributed by atoms with E-state index in [-0.39, 0.29) is 11.3 Å². The Morgan fingerprint density at radius 3 is 2.49 bits per heavy atom. The molecule has 0 bridgehead atoms. The number of carbonyl (C=O) groups is 2. The molecule has 1 fully saturated rings. The lowest BCUT2D eigenvalue weighted by Gasteiger charge is -2.28. The van der Waals surface area contributed by atoms with Gasteiger partial charge in [0.05, 0.1) is 33.2 Å². The van der Waals surface area contributed by atoms with Gasteiger partial charge < -0.3 is 15.0 Å². The van der Waals surface area contributed by atoms with Crippen LogP contribution < -0.4 is 10.2 Å². The number of benzene rings is 2. The molecule has 0 atom stereocenters. The highest BCUT2D eigenvalue weighted by Gasteiger charge is 2.24. The minimum atomic E-state index is -0.804. The van der Waals surface area contributed by atoms with Gasteiger partial charge in [0.15, 0.2) is 6.61 Å². The fourth-order valence-electron chi connectivity index (χ4n) is 4.23. The molecular formula is C25H27N5O5. The third kappa shape index (κ3) is 5.32. The van der Waals surface area contributed by atoms with Gasteiger partial charge in [-0.3, -0.25) is 14.9 Å². The molecule has 1 aromatic heterocycles. The summed E-state index contributed by atoms with van der Waals surface area (Å²) in [5.74, 6) is -1.33. The van der Waals surface area contributed by atoms with Crippen LogP contribution in [-0.2, 0) is 9.53 Å². The number of aromatic nitrogens is 2. The number of anilines is 2. The molecule has 0 unspecified atom stereocenters. The largest absolute Gasteiger partial charge is 0.452 e. The van der Waals surface area contributed by atoms with Gasteiger partial charge in [0.1, 0.15) is 5.69 Å². The third-order valence-electron chi connectivity index (χ3n) is 6.00. The van der Waals surface area contributed by atoms with Crippen molar-refractivity contribution < 1.29 is 19.2 Å². The Kier molecular flexibility index (Phi) is 7.09. The third-order valence-corrected chi connectivity index (χ3v) is 6.00. The molecule has 1 N–H and O–H groups in total. The van der Waals surface area contributed by atoms with E-state index in [1.807, 2.05) is 42.2 Å². The minimum absolute atomic E-state index is 0.0227. The Morgan fingerprint density at radius 2 is 1.80 bits per heavy atom. The zero-order valence-electron chi connectivity index (χ0n) is 19.7. The average Bonchev–Trinajstić information content (AvgIpc) is 3.16. The number of hydrogen-bond donors (Lipinski definition) is 1. The number of nitrogens with zero attached hydrogens (tertiary/aromatic N) is 4. The van der Waals surface area contributed by atoms with Crippen molar-refractivity contribution >= 4 is 28.9 Å². The predicted octanol–water partition coefficient (Wildman–Crippen LogP) is 4.18. The van der Waals surface area contributed by atoms with Gasteiger partial charge in [0.25, 0.3) is 11.6 Å². The number of carbonyl (C=O) groups excluding carboxylic acids is 2. The first-order chi connectivity index (χ1) is 16.8. The lowest BCUT2D eigenvalue weighted by Crippen LogP contribution is -2.30. The summed E-state index contributed by atoms with van der Waals surface area (Å²) < 4.78 is 6.86. The first-order valence-corrected chi connectivity index (χ1v) is 11.5. The van der Waals surface area contributed by atoms with Gasteiger partial charge in [-0.1, -0.05) is 18.2 Å². The smallest absolute Gasteiger partial charge is 0.338 e. The van der Waals surface area contributed by atoms with Crippen molar-refractivity contribution in [3.8, 4) is 5.69 Å².